The summed E-state index contributed by atoms with van der Waals surface area (Å²) in [6.45, 7) is 0.196. The van der Waals surface area contributed by atoms with Gasteiger partial charge in [-0.05, 0) is 18.6 Å². The van der Waals surface area contributed by atoms with Crippen molar-refractivity contribution in [2.45, 2.75) is 12.8 Å². The molecule has 122 valence electrons. The number of thiocarbonyl (C=S) groups is 1. The molecule has 1 aromatic carbocycles. The molecule has 1 heterocycles. The third-order valence-corrected chi connectivity index (χ3v) is 4.43. The highest BCUT2D eigenvalue weighted by Crippen LogP contribution is 2.37. The van der Waals surface area contributed by atoms with Crippen LogP contribution in [0.1, 0.15) is 18.4 Å². The van der Waals surface area contributed by atoms with E-state index >= 15 is 0 Å². The van der Waals surface area contributed by atoms with E-state index in [9.17, 15) is 24.9 Å². The van der Waals surface area contributed by atoms with Crippen molar-refractivity contribution >= 4 is 46.3 Å². The summed E-state index contributed by atoms with van der Waals surface area (Å²) < 4.78 is 0.300. The highest BCUT2D eigenvalue weighted by Gasteiger charge is 2.31. The van der Waals surface area contributed by atoms with E-state index < -0.39 is 23.4 Å². The number of rotatable bonds is 5. The van der Waals surface area contributed by atoms with Gasteiger partial charge in [0.2, 0.25) is 0 Å². The first-order chi connectivity index (χ1) is 10.8. The fourth-order valence-electron chi connectivity index (χ4n) is 1.92. The number of nitrogens with zero attached hydrogens (tertiary/aromatic N) is 1. The summed E-state index contributed by atoms with van der Waals surface area (Å²) in [5, 5.41) is 37.1. The van der Waals surface area contributed by atoms with Crippen LogP contribution in [-0.4, -0.2) is 48.1 Å². The average Bonchev–Trinajstić information content (AvgIpc) is 2.72. The molecule has 1 aliphatic heterocycles. The van der Waals surface area contributed by atoms with Gasteiger partial charge in [-0.2, -0.15) is 0 Å². The SMILES string of the molecule is O=C(O)CCCN1C(=O)/C(=C/c2cc(O)c(O)cc2O)SC1=S. The van der Waals surface area contributed by atoms with Crippen LogP contribution in [0.25, 0.3) is 6.08 Å². The topological polar surface area (TPSA) is 118 Å². The Bertz CT molecular complexity index is 715. The Kier molecular flexibility index (Phi) is 5.12. The van der Waals surface area contributed by atoms with Crippen LogP contribution in [-0.2, 0) is 9.59 Å². The molecule has 0 aliphatic carbocycles. The van der Waals surface area contributed by atoms with E-state index in [2.05, 4.69) is 0 Å². The molecule has 1 aliphatic rings. The van der Waals surface area contributed by atoms with Crippen molar-refractivity contribution in [3.8, 4) is 17.2 Å². The second-order valence-electron chi connectivity index (χ2n) is 4.73. The Morgan fingerprint density at radius 3 is 2.52 bits per heavy atom. The van der Waals surface area contributed by atoms with E-state index in [-0.39, 0.29) is 35.6 Å². The molecule has 1 aromatic rings. The Morgan fingerprint density at radius 2 is 1.87 bits per heavy atom. The van der Waals surface area contributed by atoms with E-state index in [4.69, 9.17) is 17.3 Å². The molecule has 0 aromatic heterocycles. The van der Waals surface area contributed by atoms with Crippen molar-refractivity contribution in [2.75, 3.05) is 6.54 Å². The number of thioether (sulfide) groups is 1. The number of carboxylic acid groups (broad SMARTS) is 1. The predicted octanol–water partition coefficient (Wildman–Crippen LogP) is 1.87. The Hall–Kier alpha value is -2.26. The first-order valence-electron chi connectivity index (χ1n) is 6.51. The van der Waals surface area contributed by atoms with Gasteiger partial charge in [0, 0.05) is 24.6 Å². The number of hydrogen-bond acceptors (Lipinski definition) is 7. The van der Waals surface area contributed by atoms with Crippen LogP contribution < -0.4 is 0 Å². The van der Waals surface area contributed by atoms with Crippen molar-refractivity contribution in [3.63, 3.8) is 0 Å². The van der Waals surface area contributed by atoms with Gasteiger partial charge in [-0.15, -0.1) is 0 Å². The summed E-state index contributed by atoms with van der Waals surface area (Å²) in [6.07, 6.45) is 1.56. The lowest BCUT2D eigenvalue weighted by atomic mass is 10.1. The molecule has 23 heavy (non-hydrogen) atoms. The summed E-state index contributed by atoms with van der Waals surface area (Å²) in [4.78, 5) is 24.3. The van der Waals surface area contributed by atoms with Crippen LogP contribution in [0.3, 0.4) is 0 Å². The molecule has 1 saturated heterocycles. The summed E-state index contributed by atoms with van der Waals surface area (Å²) >= 11 is 6.12. The molecule has 0 bridgehead atoms. The first-order valence-corrected chi connectivity index (χ1v) is 7.74. The molecule has 0 unspecified atom stereocenters. The molecule has 7 nitrogen and oxygen atoms in total. The van der Waals surface area contributed by atoms with Gasteiger partial charge in [0.15, 0.2) is 11.5 Å². The van der Waals surface area contributed by atoms with Gasteiger partial charge in [0.25, 0.3) is 5.91 Å². The third kappa shape index (κ3) is 3.93. The fraction of sp³-hybridized carbons (Fsp3) is 0.214. The van der Waals surface area contributed by atoms with Crippen LogP contribution in [0.15, 0.2) is 17.0 Å². The maximum atomic E-state index is 12.3. The van der Waals surface area contributed by atoms with Gasteiger partial charge < -0.3 is 20.4 Å². The largest absolute Gasteiger partial charge is 0.507 e. The molecule has 1 amide bonds. The van der Waals surface area contributed by atoms with Crippen molar-refractivity contribution < 1.29 is 30.0 Å². The van der Waals surface area contributed by atoms with Gasteiger partial charge in [-0.1, -0.05) is 24.0 Å². The van der Waals surface area contributed by atoms with Gasteiger partial charge in [0.1, 0.15) is 10.1 Å². The van der Waals surface area contributed by atoms with E-state index in [0.29, 0.717) is 4.32 Å². The molecule has 2 rings (SSSR count). The zero-order chi connectivity index (χ0) is 17.1. The third-order valence-electron chi connectivity index (χ3n) is 3.06. The quantitative estimate of drug-likeness (QED) is 0.274. The smallest absolute Gasteiger partial charge is 0.303 e. The zero-order valence-corrected chi connectivity index (χ0v) is 13.4. The number of benzene rings is 1. The number of carbonyl (C=O) groups is 2. The molecular weight excluding hydrogens is 342 g/mol. The Labute approximate surface area is 140 Å². The second kappa shape index (κ2) is 6.88. The minimum absolute atomic E-state index is 0.0667. The van der Waals surface area contributed by atoms with Crippen molar-refractivity contribution in [1.82, 2.24) is 4.90 Å². The highest BCUT2D eigenvalue weighted by atomic mass is 32.2. The monoisotopic (exact) mass is 355 g/mol. The first kappa shape index (κ1) is 17.1. The number of carbonyl (C=O) groups excluding carboxylic acids is 1. The van der Waals surface area contributed by atoms with Crippen LogP contribution in [0.4, 0.5) is 0 Å². The molecule has 0 atom stereocenters. The number of carboxylic acids is 1. The maximum absolute atomic E-state index is 12.3. The van der Waals surface area contributed by atoms with Crippen LogP contribution in [0.2, 0.25) is 0 Å². The van der Waals surface area contributed by atoms with E-state index in [1.165, 1.54) is 11.0 Å². The maximum Gasteiger partial charge on any atom is 0.303 e. The molecule has 0 radical (unpaired) electrons. The number of aromatic hydroxyl groups is 3. The van der Waals surface area contributed by atoms with Gasteiger partial charge in [-0.25, -0.2) is 0 Å². The van der Waals surface area contributed by atoms with Crippen LogP contribution in [0.5, 0.6) is 17.2 Å². The number of hydrogen-bond donors (Lipinski definition) is 4. The average molecular weight is 355 g/mol. The van der Waals surface area contributed by atoms with Crippen LogP contribution >= 0.6 is 24.0 Å². The minimum Gasteiger partial charge on any atom is -0.507 e. The lowest BCUT2D eigenvalue weighted by Gasteiger charge is -2.13. The number of phenolic OH excluding ortho intramolecular Hbond substituents is 3. The standard InChI is InChI=1S/C14H13NO6S2/c16-8-6-10(18)9(17)4-7(8)5-11-13(21)15(14(22)23-11)3-1-2-12(19)20/h4-6,16-18H,1-3H2,(H,19,20)/b11-5-. The molecule has 0 spiro atoms. The second-order valence-corrected chi connectivity index (χ2v) is 6.41. The zero-order valence-electron chi connectivity index (χ0n) is 11.7. The van der Waals surface area contributed by atoms with Gasteiger partial charge in [-0.3, -0.25) is 14.5 Å². The summed E-state index contributed by atoms with van der Waals surface area (Å²) in [6, 6.07) is 2.09. The molecular formula is C14H13NO6S2. The van der Waals surface area contributed by atoms with Crippen molar-refractivity contribution in [3.05, 3.63) is 22.6 Å². The van der Waals surface area contributed by atoms with E-state index in [1.54, 1.807) is 0 Å². The van der Waals surface area contributed by atoms with E-state index in [0.717, 1.165) is 23.9 Å². The number of aliphatic carboxylic acids is 1. The molecule has 4 N–H and O–H groups in total. The molecule has 1 fully saturated rings. The normalized spacial score (nSPS) is 16.3. The van der Waals surface area contributed by atoms with E-state index in [1.807, 2.05) is 0 Å². The summed E-state index contributed by atoms with van der Waals surface area (Å²) in [5.41, 5.74) is 0.159. The lowest BCUT2D eigenvalue weighted by molar-refractivity contribution is -0.137. The summed E-state index contributed by atoms with van der Waals surface area (Å²) in [5.74, 6) is -2.53. The summed E-state index contributed by atoms with van der Waals surface area (Å²) in [7, 11) is 0. The lowest BCUT2D eigenvalue weighted by Crippen LogP contribution is -2.29. The Balaban J connectivity index is 2.18. The molecule has 9 heteroatoms. The van der Waals surface area contributed by atoms with Gasteiger partial charge >= 0.3 is 5.97 Å². The number of phenols is 3. The highest BCUT2D eigenvalue weighted by molar-refractivity contribution is 8.26. The Morgan fingerprint density at radius 1 is 1.22 bits per heavy atom. The number of amides is 1. The fourth-order valence-corrected chi connectivity index (χ4v) is 3.22. The van der Waals surface area contributed by atoms with Crippen molar-refractivity contribution in [1.29, 1.82) is 0 Å². The minimum atomic E-state index is -0.949. The molecule has 0 saturated carbocycles. The van der Waals surface area contributed by atoms with Crippen molar-refractivity contribution in [2.24, 2.45) is 0 Å². The predicted molar refractivity (Wildman–Crippen MR) is 88.2 cm³/mol. The van der Waals surface area contributed by atoms with Crippen LogP contribution in [0, 0.1) is 0 Å². The van der Waals surface area contributed by atoms with Gasteiger partial charge in [0.05, 0.1) is 4.91 Å².